The number of thioether (sulfide) groups is 1. The van der Waals surface area contributed by atoms with Gasteiger partial charge < -0.3 is 20.6 Å². The van der Waals surface area contributed by atoms with Gasteiger partial charge in [-0.3, -0.25) is 4.99 Å². The van der Waals surface area contributed by atoms with E-state index in [-0.39, 0.29) is 11.7 Å². The average molecular weight is 314 g/mol. The second kappa shape index (κ2) is 5.70. The van der Waals surface area contributed by atoms with Crippen molar-refractivity contribution < 1.29 is 28.5 Å². The molecular weight excluding hydrogens is 297 g/mol. The predicted molar refractivity (Wildman–Crippen MR) is 68.5 cm³/mol. The molecule has 1 fully saturated rings. The number of aliphatic hydroxyl groups is 3. The van der Waals surface area contributed by atoms with Crippen LogP contribution >= 0.6 is 11.8 Å². The minimum atomic E-state index is -4.81. The van der Waals surface area contributed by atoms with Crippen molar-refractivity contribution in [2.75, 3.05) is 6.54 Å². The Morgan fingerprint density at radius 3 is 2.60 bits per heavy atom. The Balaban J connectivity index is 2.13. The molecule has 1 saturated carbocycles. The van der Waals surface area contributed by atoms with E-state index in [1.165, 1.54) is 11.8 Å². The van der Waals surface area contributed by atoms with Gasteiger partial charge in [0.05, 0.1) is 12.1 Å². The van der Waals surface area contributed by atoms with Crippen LogP contribution in [0.25, 0.3) is 0 Å². The molecule has 1 unspecified atom stereocenters. The quantitative estimate of drug-likeness (QED) is 0.581. The standard InChI is InChI=1S/C11H17F3N2O3S/c1-2-15-10-16-6-5(20-10)3-4(7(17)8(6)18)9(19)11(12,13)14/h4-9,17-19H,2-3H2,1H3,(H,15,16)/t4-,5+,6+,7-,8-,9?/m1/s1. The molecule has 0 aromatic heterocycles. The SMILES string of the molecule is CCNC1=N[C@@H]2[C@@H](O)[C@H](O)[C@H](C(O)C(F)(F)F)C[C@@H]2S1. The maximum atomic E-state index is 12.6. The fraction of sp³-hybridized carbons (Fsp3) is 0.909. The highest BCUT2D eigenvalue weighted by atomic mass is 32.2. The molecule has 1 aliphatic heterocycles. The lowest BCUT2D eigenvalue weighted by Crippen LogP contribution is -2.56. The van der Waals surface area contributed by atoms with Crippen LogP contribution in [0, 0.1) is 5.92 Å². The fourth-order valence-corrected chi connectivity index (χ4v) is 3.98. The highest BCUT2D eigenvalue weighted by molar-refractivity contribution is 8.14. The zero-order chi connectivity index (χ0) is 15.1. The van der Waals surface area contributed by atoms with Crippen LogP contribution < -0.4 is 5.32 Å². The van der Waals surface area contributed by atoms with Crippen LogP contribution in [0.3, 0.4) is 0 Å². The molecule has 0 bridgehead atoms. The molecule has 2 rings (SSSR count). The first-order valence-electron chi connectivity index (χ1n) is 6.35. The van der Waals surface area contributed by atoms with Gasteiger partial charge in [0, 0.05) is 17.7 Å². The summed E-state index contributed by atoms with van der Waals surface area (Å²) in [4.78, 5) is 4.18. The number of hydrogen-bond donors (Lipinski definition) is 4. The Kier molecular flexibility index (Phi) is 4.53. The van der Waals surface area contributed by atoms with Gasteiger partial charge in [-0.25, -0.2) is 0 Å². The summed E-state index contributed by atoms with van der Waals surface area (Å²) in [5, 5.41) is 32.2. The van der Waals surface area contributed by atoms with Gasteiger partial charge in [-0.2, -0.15) is 13.2 Å². The third kappa shape index (κ3) is 2.90. The zero-order valence-electron chi connectivity index (χ0n) is 10.7. The van der Waals surface area contributed by atoms with Crippen LogP contribution in [0.2, 0.25) is 0 Å². The van der Waals surface area contributed by atoms with E-state index in [9.17, 15) is 28.5 Å². The first-order valence-corrected chi connectivity index (χ1v) is 7.23. The molecular formula is C11H17F3N2O3S. The van der Waals surface area contributed by atoms with E-state index in [1.807, 2.05) is 6.92 Å². The van der Waals surface area contributed by atoms with Crippen molar-refractivity contribution in [1.29, 1.82) is 0 Å². The summed E-state index contributed by atoms with van der Waals surface area (Å²) in [6.07, 6.45) is -10.5. The number of aliphatic hydroxyl groups excluding tert-OH is 3. The number of alkyl halides is 3. The van der Waals surface area contributed by atoms with Crippen molar-refractivity contribution in [2.45, 2.75) is 49.1 Å². The van der Waals surface area contributed by atoms with Crippen LogP contribution in [0.1, 0.15) is 13.3 Å². The molecule has 0 aromatic rings. The van der Waals surface area contributed by atoms with Crippen molar-refractivity contribution in [3.63, 3.8) is 0 Å². The Bertz CT molecular complexity index is 394. The Hall–Kier alpha value is -0.510. The number of hydrogen-bond acceptors (Lipinski definition) is 6. The third-order valence-electron chi connectivity index (χ3n) is 3.62. The highest BCUT2D eigenvalue weighted by Crippen LogP contribution is 2.43. The van der Waals surface area contributed by atoms with E-state index >= 15 is 0 Å². The number of fused-ring (bicyclic) bond motifs is 1. The Morgan fingerprint density at radius 1 is 1.40 bits per heavy atom. The number of rotatable bonds is 2. The molecule has 20 heavy (non-hydrogen) atoms. The molecule has 6 atom stereocenters. The second-order valence-electron chi connectivity index (χ2n) is 4.98. The fourth-order valence-electron chi connectivity index (χ4n) is 2.61. The van der Waals surface area contributed by atoms with Crippen LogP contribution in [0.15, 0.2) is 4.99 Å². The predicted octanol–water partition coefficient (Wildman–Crippen LogP) is 0.101. The molecule has 5 nitrogen and oxygen atoms in total. The van der Waals surface area contributed by atoms with E-state index in [4.69, 9.17) is 0 Å². The molecule has 2 aliphatic rings. The van der Waals surface area contributed by atoms with E-state index < -0.39 is 36.4 Å². The first-order chi connectivity index (χ1) is 9.25. The lowest BCUT2D eigenvalue weighted by Gasteiger charge is -2.40. The van der Waals surface area contributed by atoms with Gasteiger partial charge in [-0.15, -0.1) is 0 Å². The first kappa shape index (κ1) is 15.9. The van der Waals surface area contributed by atoms with Gasteiger partial charge in [0.1, 0.15) is 6.10 Å². The minimum absolute atomic E-state index is 0.0490. The monoisotopic (exact) mass is 314 g/mol. The molecule has 1 aliphatic carbocycles. The summed E-state index contributed by atoms with van der Waals surface area (Å²) in [7, 11) is 0. The lowest BCUT2D eigenvalue weighted by molar-refractivity contribution is -0.238. The molecule has 0 radical (unpaired) electrons. The van der Waals surface area contributed by atoms with E-state index in [1.54, 1.807) is 0 Å². The molecule has 1 heterocycles. The Labute approximate surface area is 118 Å². The number of nitrogens with one attached hydrogen (secondary N) is 1. The van der Waals surface area contributed by atoms with Crippen molar-refractivity contribution in [1.82, 2.24) is 5.32 Å². The van der Waals surface area contributed by atoms with Gasteiger partial charge in [0.25, 0.3) is 0 Å². The molecule has 0 aromatic carbocycles. The topological polar surface area (TPSA) is 85.1 Å². The van der Waals surface area contributed by atoms with Gasteiger partial charge in [-0.1, -0.05) is 11.8 Å². The highest BCUT2D eigenvalue weighted by Gasteiger charge is 2.54. The van der Waals surface area contributed by atoms with Gasteiger partial charge in [-0.05, 0) is 13.3 Å². The van der Waals surface area contributed by atoms with E-state index in [0.29, 0.717) is 11.7 Å². The van der Waals surface area contributed by atoms with Gasteiger partial charge in [0.15, 0.2) is 11.3 Å². The van der Waals surface area contributed by atoms with Crippen LogP contribution in [-0.4, -0.2) is 62.8 Å². The zero-order valence-corrected chi connectivity index (χ0v) is 11.5. The number of aliphatic imine (C=N–C) groups is 1. The molecule has 0 amide bonds. The lowest BCUT2D eigenvalue weighted by atomic mass is 9.78. The summed E-state index contributed by atoms with van der Waals surface area (Å²) >= 11 is 1.25. The smallest absolute Gasteiger partial charge is 0.390 e. The van der Waals surface area contributed by atoms with E-state index in [0.717, 1.165) is 0 Å². The second-order valence-corrected chi connectivity index (χ2v) is 6.21. The molecule has 0 saturated heterocycles. The molecule has 116 valence electrons. The normalized spacial score (nSPS) is 39.1. The van der Waals surface area contributed by atoms with E-state index in [2.05, 4.69) is 10.3 Å². The Morgan fingerprint density at radius 2 is 2.05 bits per heavy atom. The van der Waals surface area contributed by atoms with Crippen LogP contribution in [0.4, 0.5) is 13.2 Å². The molecule has 4 N–H and O–H groups in total. The van der Waals surface area contributed by atoms with Gasteiger partial charge >= 0.3 is 6.18 Å². The largest absolute Gasteiger partial charge is 0.414 e. The number of halogens is 3. The maximum Gasteiger partial charge on any atom is 0.414 e. The average Bonchev–Trinajstić information content (AvgIpc) is 2.75. The summed E-state index contributed by atoms with van der Waals surface area (Å²) < 4.78 is 37.8. The van der Waals surface area contributed by atoms with Crippen LogP contribution in [-0.2, 0) is 0 Å². The third-order valence-corrected chi connectivity index (χ3v) is 4.87. The summed E-state index contributed by atoms with van der Waals surface area (Å²) in [6.45, 7) is 2.46. The van der Waals surface area contributed by atoms with Crippen molar-refractivity contribution >= 4 is 16.9 Å². The van der Waals surface area contributed by atoms with Gasteiger partial charge in [0.2, 0.25) is 0 Å². The number of amidine groups is 1. The maximum absolute atomic E-state index is 12.6. The minimum Gasteiger partial charge on any atom is -0.390 e. The molecule has 0 spiro atoms. The summed E-state index contributed by atoms with van der Waals surface area (Å²) in [6, 6.07) is -0.638. The van der Waals surface area contributed by atoms with Crippen molar-refractivity contribution in [2.24, 2.45) is 10.9 Å². The van der Waals surface area contributed by atoms with Crippen molar-refractivity contribution in [3.8, 4) is 0 Å². The number of nitrogens with zero attached hydrogens (tertiary/aromatic N) is 1. The van der Waals surface area contributed by atoms with Crippen molar-refractivity contribution in [3.05, 3.63) is 0 Å². The van der Waals surface area contributed by atoms with Crippen LogP contribution in [0.5, 0.6) is 0 Å². The summed E-state index contributed by atoms with van der Waals surface area (Å²) in [5.74, 6) is -1.44. The molecule has 9 heteroatoms. The summed E-state index contributed by atoms with van der Waals surface area (Å²) in [5.41, 5.74) is 0.